The van der Waals surface area contributed by atoms with Crippen molar-refractivity contribution in [2.24, 2.45) is 5.92 Å². The van der Waals surface area contributed by atoms with Crippen molar-refractivity contribution in [2.45, 2.75) is 39.3 Å². The molecular formula is C22H31NO2. The Morgan fingerprint density at radius 3 is 2.36 bits per heavy atom. The van der Waals surface area contributed by atoms with Crippen LogP contribution in [0.25, 0.3) is 0 Å². The molecule has 0 bridgehead atoms. The van der Waals surface area contributed by atoms with Gasteiger partial charge in [-0.15, -0.1) is 0 Å². The number of hydrogen-bond acceptors (Lipinski definition) is 3. The monoisotopic (exact) mass is 341 g/mol. The van der Waals surface area contributed by atoms with Crippen LogP contribution >= 0.6 is 0 Å². The number of aliphatic hydroxyl groups is 1. The van der Waals surface area contributed by atoms with Crippen LogP contribution in [0.1, 0.15) is 31.4 Å². The maximum atomic E-state index is 10.6. The Balaban J connectivity index is 2.01. The summed E-state index contributed by atoms with van der Waals surface area (Å²) < 4.78 is 5.48. The quantitative estimate of drug-likeness (QED) is 0.705. The van der Waals surface area contributed by atoms with Gasteiger partial charge in [-0.05, 0) is 36.9 Å². The van der Waals surface area contributed by atoms with E-state index in [0.29, 0.717) is 18.9 Å². The topological polar surface area (TPSA) is 32.7 Å². The van der Waals surface area contributed by atoms with Crippen LogP contribution in [-0.2, 0) is 13.0 Å². The fourth-order valence-corrected chi connectivity index (χ4v) is 3.00. The van der Waals surface area contributed by atoms with Crippen molar-refractivity contribution >= 4 is 0 Å². The number of ether oxygens (including phenoxy) is 1. The van der Waals surface area contributed by atoms with Gasteiger partial charge >= 0.3 is 0 Å². The van der Waals surface area contributed by atoms with Crippen molar-refractivity contribution in [2.75, 3.05) is 20.2 Å². The molecule has 136 valence electrons. The molecule has 1 atom stereocenters. The lowest BCUT2D eigenvalue weighted by Crippen LogP contribution is -2.34. The highest BCUT2D eigenvalue weighted by Gasteiger charge is 2.15. The molecule has 0 amide bonds. The summed E-state index contributed by atoms with van der Waals surface area (Å²) in [5.41, 5.74) is 2.34. The highest BCUT2D eigenvalue weighted by atomic mass is 16.5. The maximum Gasteiger partial charge on any atom is 0.123 e. The summed E-state index contributed by atoms with van der Waals surface area (Å²) in [6.07, 6.45) is 1.43. The van der Waals surface area contributed by atoms with Crippen molar-refractivity contribution in [1.29, 1.82) is 0 Å². The Kier molecular flexibility index (Phi) is 7.96. The summed E-state index contributed by atoms with van der Waals surface area (Å²) in [5, 5.41) is 10.6. The highest BCUT2D eigenvalue weighted by Crippen LogP contribution is 2.20. The lowest BCUT2D eigenvalue weighted by Gasteiger charge is -2.26. The summed E-state index contributed by atoms with van der Waals surface area (Å²) in [6, 6.07) is 18.3. The average Bonchev–Trinajstić information content (AvgIpc) is 2.61. The molecule has 2 rings (SSSR count). The lowest BCUT2D eigenvalue weighted by molar-refractivity contribution is 0.105. The van der Waals surface area contributed by atoms with Gasteiger partial charge in [-0.2, -0.15) is 0 Å². The molecule has 0 aliphatic carbocycles. The molecule has 0 saturated carbocycles. The second-order valence-corrected chi connectivity index (χ2v) is 7.07. The average molecular weight is 341 g/mol. The summed E-state index contributed by atoms with van der Waals surface area (Å²) in [6.45, 7) is 6.91. The molecule has 1 unspecified atom stereocenters. The van der Waals surface area contributed by atoms with Crippen LogP contribution in [0, 0.1) is 5.92 Å². The summed E-state index contributed by atoms with van der Waals surface area (Å²) in [5.74, 6) is 1.56. The summed E-state index contributed by atoms with van der Waals surface area (Å²) in [7, 11) is 1.71. The third-order valence-corrected chi connectivity index (χ3v) is 4.39. The Labute approximate surface area is 152 Å². The molecule has 0 fully saturated rings. The van der Waals surface area contributed by atoms with E-state index in [4.69, 9.17) is 4.74 Å². The highest BCUT2D eigenvalue weighted by molar-refractivity contribution is 5.33. The molecule has 3 heteroatoms. The van der Waals surface area contributed by atoms with Gasteiger partial charge in [-0.1, -0.05) is 62.4 Å². The largest absolute Gasteiger partial charge is 0.496 e. The second-order valence-electron chi connectivity index (χ2n) is 7.07. The zero-order valence-corrected chi connectivity index (χ0v) is 15.7. The lowest BCUT2D eigenvalue weighted by atomic mass is 10.1. The van der Waals surface area contributed by atoms with E-state index in [-0.39, 0.29) is 6.10 Å². The first-order valence-corrected chi connectivity index (χ1v) is 9.14. The smallest absolute Gasteiger partial charge is 0.123 e. The van der Waals surface area contributed by atoms with Crippen LogP contribution in [-0.4, -0.2) is 36.3 Å². The zero-order chi connectivity index (χ0) is 18.1. The van der Waals surface area contributed by atoms with E-state index in [1.807, 2.05) is 36.4 Å². The molecule has 0 radical (unpaired) electrons. The van der Waals surface area contributed by atoms with E-state index in [1.165, 1.54) is 11.1 Å². The van der Waals surface area contributed by atoms with Crippen LogP contribution in [0.2, 0.25) is 0 Å². The molecule has 1 N–H and O–H groups in total. The van der Waals surface area contributed by atoms with Gasteiger partial charge in [0.25, 0.3) is 0 Å². The molecule has 25 heavy (non-hydrogen) atoms. The first-order valence-electron chi connectivity index (χ1n) is 9.14. The van der Waals surface area contributed by atoms with Gasteiger partial charge in [0, 0.05) is 18.7 Å². The third kappa shape index (κ3) is 6.89. The predicted molar refractivity (Wildman–Crippen MR) is 104 cm³/mol. The van der Waals surface area contributed by atoms with E-state index < -0.39 is 0 Å². The Bertz CT molecular complexity index is 612. The first-order chi connectivity index (χ1) is 12.1. The number of para-hydroxylation sites is 1. The number of methoxy groups -OCH3 is 1. The minimum Gasteiger partial charge on any atom is -0.496 e. The van der Waals surface area contributed by atoms with E-state index in [1.54, 1.807) is 7.11 Å². The van der Waals surface area contributed by atoms with Crippen molar-refractivity contribution in [1.82, 2.24) is 4.90 Å². The Morgan fingerprint density at radius 1 is 1.00 bits per heavy atom. The van der Waals surface area contributed by atoms with Gasteiger partial charge in [-0.3, -0.25) is 4.90 Å². The molecule has 3 nitrogen and oxygen atoms in total. The number of rotatable bonds is 10. The second kappa shape index (κ2) is 10.2. The molecule has 0 saturated heterocycles. The molecule has 2 aromatic rings. The van der Waals surface area contributed by atoms with Crippen LogP contribution in [0.3, 0.4) is 0 Å². The van der Waals surface area contributed by atoms with Crippen LogP contribution < -0.4 is 4.74 Å². The third-order valence-electron chi connectivity index (χ3n) is 4.39. The first kappa shape index (κ1) is 19.5. The molecule has 0 spiro atoms. The van der Waals surface area contributed by atoms with Crippen LogP contribution in [0.5, 0.6) is 5.75 Å². The Morgan fingerprint density at radius 2 is 1.68 bits per heavy atom. The number of nitrogens with zero attached hydrogens (tertiary/aromatic N) is 1. The van der Waals surface area contributed by atoms with E-state index >= 15 is 0 Å². The molecule has 0 aromatic heterocycles. The predicted octanol–water partition coefficient (Wildman–Crippen LogP) is 4.15. The van der Waals surface area contributed by atoms with Crippen molar-refractivity contribution in [3.05, 3.63) is 65.7 Å². The molecule has 2 aromatic carbocycles. The van der Waals surface area contributed by atoms with E-state index in [0.717, 1.165) is 25.3 Å². The van der Waals surface area contributed by atoms with Gasteiger partial charge in [0.15, 0.2) is 0 Å². The van der Waals surface area contributed by atoms with Gasteiger partial charge in [-0.25, -0.2) is 0 Å². The minimum atomic E-state index is -0.371. The summed E-state index contributed by atoms with van der Waals surface area (Å²) in [4.78, 5) is 2.34. The molecule has 0 aliphatic rings. The van der Waals surface area contributed by atoms with Gasteiger partial charge in [0.1, 0.15) is 5.75 Å². The normalized spacial score (nSPS) is 12.6. The zero-order valence-electron chi connectivity index (χ0n) is 15.7. The number of aliphatic hydroxyl groups excluding tert-OH is 1. The fraction of sp³-hybridized carbons (Fsp3) is 0.455. The summed E-state index contributed by atoms with van der Waals surface area (Å²) >= 11 is 0. The number of benzene rings is 2. The molecule has 0 heterocycles. The standard InChI is InChI=1S/C22H31NO2/c1-18(2)13-14-23(16-20-11-7-8-12-22(20)25-3)17-21(24)15-19-9-5-4-6-10-19/h4-12,18,21,24H,13-17H2,1-3H3. The fourth-order valence-electron chi connectivity index (χ4n) is 3.00. The van der Waals surface area contributed by atoms with Crippen LogP contribution in [0.15, 0.2) is 54.6 Å². The van der Waals surface area contributed by atoms with Crippen LogP contribution in [0.4, 0.5) is 0 Å². The maximum absolute atomic E-state index is 10.6. The van der Waals surface area contributed by atoms with Gasteiger partial charge in [0.05, 0.1) is 13.2 Å². The van der Waals surface area contributed by atoms with Crippen molar-refractivity contribution in [3.8, 4) is 5.75 Å². The molecule has 0 aliphatic heterocycles. The van der Waals surface area contributed by atoms with Crippen molar-refractivity contribution in [3.63, 3.8) is 0 Å². The number of hydrogen-bond donors (Lipinski definition) is 1. The van der Waals surface area contributed by atoms with Crippen molar-refractivity contribution < 1.29 is 9.84 Å². The SMILES string of the molecule is COc1ccccc1CN(CCC(C)C)CC(O)Cc1ccccc1. The molecular weight excluding hydrogens is 310 g/mol. The van der Waals surface area contributed by atoms with Gasteiger partial charge < -0.3 is 9.84 Å². The van der Waals surface area contributed by atoms with E-state index in [2.05, 4.69) is 36.9 Å². The van der Waals surface area contributed by atoms with Gasteiger partial charge in [0.2, 0.25) is 0 Å². The minimum absolute atomic E-state index is 0.371. The van der Waals surface area contributed by atoms with E-state index in [9.17, 15) is 5.11 Å². The Hall–Kier alpha value is -1.84.